The molecule has 0 aromatic carbocycles. The van der Waals surface area contributed by atoms with Crippen LogP contribution in [0.5, 0.6) is 0 Å². The van der Waals surface area contributed by atoms with E-state index in [0.717, 1.165) is 17.9 Å². The fourth-order valence-corrected chi connectivity index (χ4v) is 4.69. The Morgan fingerprint density at radius 2 is 2.18 bits per heavy atom. The zero-order valence-corrected chi connectivity index (χ0v) is 14.0. The van der Waals surface area contributed by atoms with Crippen LogP contribution in [0, 0.1) is 16.7 Å². The number of rotatable bonds is 4. The lowest BCUT2D eigenvalue weighted by Gasteiger charge is -2.54. The number of amides is 2. The second-order valence-corrected chi connectivity index (χ2v) is 7.99. The summed E-state index contributed by atoms with van der Waals surface area (Å²) in [5, 5.41) is 0. The van der Waals surface area contributed by atoms with Gasteiger partial charge >= 0.3 is 0 Å². The molecule has 2 aliphatic rings. The van der Waals surface area contributed by atoms with E-state index < -0.39 is 5.41 Å². The molecule has 1 aromatic heterocycles. The van der Waals surface area contributed by atoms with Gasteiger partial charge < -0.3 is 15.1 Å². The minimum atomic E-state index is -0.548. The van der Waals surface area contributed by atoms with Crippen molar-refractivity contribution in [3.63, 3.8) is 0 Å². The monoisotopic (exact) mass is 322 g/mol. The van der Waals surface area contributed by atoms with E-state index in [0.29, 0.717) is 18.8 Å². The Morgan fingerprint density at radius 3 is 2.73 bits per heavy atom. The molecule has 0 radical (unpaired) electrons. The highest BCUT2D eigenvalue weighted by molar-refractivity contribution is 7.97. The van der Waals surface area contributed by atoms with E-state index in [1.807, 2.05) is 12.3 Å². The second-order valence-electron chi connectivity index (χ2n) is 7.12. The molecule has 3 rings (SSSR count). The summed E-state index contributed by atoms with van der Waals surface area (Å²) in [6, 6.07) is 3.55. The average Bonchev–Trinajstić information content (AvgIpc) is 3.02. The Kier molecular flexibility index (Phi) is 3.55. The van der Waals surface area contributed by atoms with Crippen molar-refractivity contribution >= 4 is 23.6 Å². The molecule has 0 spiro atoms. The summed E-state index contributed by atoms with van der Waals surface area (Å²) >= 11 is 1.65. The Labute approximate surface area is 134 Å². The van der Waals surface area contributed by atoms with Crippen LogP contribution >= 0.6 is 11.8 Å². The van der Waals surface area contributed by atoms with Crippen molar-refractivity contribution in [1.29, 1.82) is 0 Å². The Hall–Kier alpha value is -1.43. The first-order chi connectivity index (χ1) is 10.3. The van der Waals surface area contributed by atoms with Crippen LogP contribution in [0.4, 0.5) is 0 Å². The lowest BCUT2D eigenvalue weighted by Crippen LogP contribution is -2.59. The van der Waals surface area contributed by atoms with Gasteiger partial charge in [0.25, 0.3) is 5.91 Å². The molecule has 1 saturated carbocycles. The van der Waals surface area contributed by atoms with Gasteiger partial charge in [-0.3, -0.25) is 9.59 Å². The lowest BCUT2D eigenvalue weighted by atomic mass is 9.48. The molecule has 1 aromatic rings. The third-order valence-corrected chi connectivity index (χ3v) is 5.77. The first-order valence-corrected chi connectivity index (χ1v) is 8.86. The maximum absolute atomic E-state index is 12.6. The van der Waals surface area contributed by atoms with Gasteiger partial charge in [-0.05, 0) is 36.1 Å². The van der Waals surface area contributed by atoms with Gasteiger partial charge in [0.2, 0.25) is 5.91 Å². The molecular formula is C16H22N2O3S. The predicted octanol–water partition coefficient (Wildman–Crippen LogP) is 2.12. The molecule has 0 unspecified atom stereocenters. The van der Waals surface area contributed by atoms with Crippen molar-refractivity contribution in [3.8, 4) is 0 Å². The van der Waals surface area contributed by atoms with Gasteiger partial charge in [-0.1, -0.05) is 13.8 Å². The highest BCUT2D eigenvalue weighted by Gasteiger charge is 2.66. The van der Waals surface area contributed by atoms with E-state index in [1.165, 1.54) is 0 Å². The minimum Gasteiger partial charge on any atom is -0.455 e. The van der Waals surface area contributed by atoms with Crippen LogP contribution in [0.1, 0.15) is 36.6 Å². The van der Waals surface area contributed by atoms with Crippen LogP contribution in [0.25, 0.3) is 0 Å². The van der Waals surface area contributed by atoms with Crippen molar-refractivity contribution in [2.45, 2.75) is 26.0 Å². The lowest BCUT2D eigenvalue weighted by molar-refractivity contribution is -0.148. The summed E-state index contributed by atoms with van der Waals surface area (Å²) in [6.07, 6.45) is 2.74. The smallest absolute Gasteiger partial charge is 0.289 e. The van der Waals surface area contributed by atoms with Crippen LogP contribution in [-0.4, -0.2) is 36.1 Å². The zero-order valence-electron chi connectivity index (χ0n) is 13.2. The van der Waals surface area contributed by atoms with Gasteiger partial charge in [0.05, 0.1) is 11.2 Å². The molecule has 1 saturated heterocycles. The van der Waals surface area contributed by atoms with E-state index in [2.05, 4.69) is 13.8 Å². The van der Waals surface area contributed by atoms with Crippen molar-refractivity contribution in [2.75, 3.05) is 19.3 Å². The molecule has 2 fully saturated rings. The van der Waals surface area contributed by atoms with Crippen molar-refractivity contribution in [2.24, 2.45) is 22.5 Å². The van der Waals surface area contributed by atoms with Gasteiger partial charge in [-0.2, -0.15) is 11.8 Å². The number of carbonyl (C=O) groups is 2. The number of primary amides is 1. The molecule has 6 heteroatoms. The number of fused-ring (bicyclic) bond motifs is 1. The number of carbonyl (C=O) groups excluding carboxylic acids is 2. The number of likely N-dealkylation sites (tertiary alicyclic amines) is 1. The molecule has 1 aliphatic heterocycles. The summed E-state index contributed by atoms with van der Waals surface area (Å²) in [7, 11) is 0. The topological polar surface area (TPSA) is 76.5 Å². The van der Waals surface area contributed by atoms with E-state index in [9.17, 15) is 9.59 Å². The maximum atomic E-state index is 12.6. The van der Waals surface area contributed by atoms with Crippen LogP contribution in [0.15, 0.2) is 16.5 Å². The van der Waals surface area contributed by atoms with Crippen molar-refractivity contribution in [1.82, 2.24) is 4.90 Å². The van der Waals surface area contributed by atoms with Crippen molar-refractivity contribution in [3.05, 3.63) is 23.7 Å². The average molecular weight is 322 g/mol. The fraction of sp³-hybridized carbons (Fsp3) is 0.625. The van der Waals surface area contributed by atoms with Gasteiger partial charge in [-0.25, -0.2) is 0 Å². The van der Waals surface area contributed by atoms with Crippen LogP contribution in [0.2, 0.25) is 0 Å². The number of hydrogen-bond donors (Lipinski definition) is 1. The summed E-state index contributed by atoms with van der Waals surface area (Å²) in [5.41, 5.74) is 5.14. The SMILES string of the molecule is CSCc1ccc(C(=O)N2C[C@@H]3C(C)(C)C[C@]3(C(N)=O)C2)o1. The number of thioether (sulfide) groups is 1. The largest absolute Gasteiger partial charge is 0.455 e. The molecule has 2 N–H and O–H groups in total. The van der Waals surface area contributed by atoms with Gasteiger partial charge in [0.15, 0.2) is 5.76 Å². The first-order valence-electron chi connectivity index (χ1n) is 7.47. The highest BCUT2D eigenvalue weighted by Crippen LogP contribution is 2.62. The Bertz CT molecular complexity index is 625. The molecule has 2 atom stereocenters. The van der Waals surface area contributed by atoms with Crippen molar-refractivity contribution < 1.29 is 14.0 Å². The minimum absolute atomic E-state index is 0.0528. The summed E-state index contributed by atoms with van der Waals surface area (Å²) in [4.78, 5) is 26.3. The van der Waals surface area contributed by atoms with Crippen LogP contribution in [-0.2, 0) is 10.5 Å². The number of furan rings is 1. The Balaban J connectivity index is 1.79. The number of nitrogens with two attached hydrogens (primary N) is 1. The first kappa shape index (κ1) is 15.5. The maximum Gasteiger partial charge on any atom is 0.289 e. The molecule has 2 amide bonds. The van der Waals surface area contributed by atoms with E-state index >= 15 is 0 Å². The van der Waals surface area contributed by atoms with Gasteiger partial charge in [-0.15, -0.1) is 0 Å². The second kappa shape index (κ2) is 5.05. The third kappa shape index (κ3) is 2.16. The standard InChI is InChI=1S/C16H22N2O3S/c1-15(2)8-16(14(17)20)9-18(6-12(15)16)13(19)11-5-4-10(21-11)7-22-3/h4-5,12H,6-9H2,1-3H3,(H2,17,20)/t12-,16+/m1/s1. The molecule has 2 heterocycles. The van der Waals surface area contributed by atoms with E-state index in [-0.39, 0.29) is 23.1 Å². The number of hydrogen-bond acceptors (Lipinski definition) is 4. The van der Waals surface area contributed by atoms with Crippen LogP contribution in [0.3, 0.4) is 0 Å². The molecule has 5 nitrogen and oxygen atoms in total. The molecule has 1 aliphatic carbocycles. The fourth-order valence-electron chi connectivity index (χ4n) is 4.25. The summed E-state index contributed by atoms with van der Waals surface area (Å²) in [5.74, 6) is 1.61. The normalized spacial score (nSPS) is 29.0. The Morgan fingerprint density at radius 1 is 1.45 bits per heavy atom. The molecule has 22 heavy (non-hydrogen) atoms. The van der Waals surface area contributed by atoms with Gasteiger partial charge in [0.1, 0.15) is 5.76 Å². The predicted molar refractivity (Wildman–Crippen MR) is 85.3 cm³/mol. The molecule has 0 bridgehead atoms. The molecule has 120 valence electrons. The quantitative estimate of drug-likeness (QED) is 0.921. The van der Waals surface area contributed by atoms with E-state index in [1.54, 1.807) is 22.7 Å². The van der Waals surface area contributed by atoms with Gasteiger partial charge in [0, 0.05) is 13.1 Å². The zero-order chi connectivity index (χ0) is 16.1. The highest BCUT2D eigenvalue weighted by atomic mass is 32.2. The number of nitrogens with zero attached hydrogens (tertiary/aromatic N) is 1. The van der Waals surface area contributed by atoms with E-state index in [4.69, 9.17) is 10.2 Å². The molecular weight excluding hydrogens is 300 g/mol. The third-order valence-electron chi connectivity index (χ3n) is 5.19. The summed E-state index contributed by atoms with van der Waals surface area (Å²) in [6.45, 7) is 5.26. The van der Waals surface area contributed by atoms with Crippen LogP contribution < -0.4 is 5.73 Å². The summed E-state index contributed by atoms with van der Waals surface area (Å²) < 4.78 is 5.61.